The number of hydrogen-bond acceptors (Lipinski definition) is 2. The lowest BCUT2D eigenvalue weighted by Crippen LogP contribution is -2.37. The molecule has 0 spiro atoms. The van der Waals surface area contributed by atoms with Crippen LogP contribution in [0.3, 0.4) is 0 Å². The zero-order chi connectivity index (χ0) is 9.26. The Morgan fingerprint density at radius 3 is 3.08 bits per heavy atom. The predicted molar refractivity (Wildman–Crippen MR) is 52.6 cm³/mol. The number of nitrogens with one attached hydrogen (secondary N) is 1. The standard InChI is InChI=1S/C10H17N3/c1-8-10(4-3-5-11-8)9-6-12-13(2)7-9/h6-8,10-11H,3-5H2,1-2H3. The fourth-order valence-electron chi connectivity index (χ4n) is 2.13. The molecule has 2 atom stereocenters. The topological polar surface area (TPSA) is 29.9 Å². The lowest BCUT2D eigenvalue weighted by atomic mass is 9.87. The van der Waals surface area contributed by atoms with E-state index < -0.39 is 0 Å². The van der Waals surface area contributed by atoms with Crippen LogP contribution in [-0.4, -0.2) is 22.4 Å². The third-order valence-corrected chi connectivity index (χ3v) is 2.91. The maximum atomic E-state index is 4.22. The van der Waals surface area contributed by atoms with Crippen LogP contribution in [0.15, 0.2) is 12.4 Å². The molecule has 1 aliphatic heterocycles. The number of nitrogens with zero attached hydrogens (tertiary/aromatic N) is 2. The van der Waals surface area contributed by atoms with Crippen LogP contribution >= 0.6 is 0 Å². The van der Waals surface area contributed by atoms with Crippen LogP contribution < -0.4 is 5.32 Å². The highest BCUT2D eigenvalue weighted by atomic mass is 15.2. The quantitative estimate of drug-likeness (QED) is 0.703. The van der Waals surface area contributed by atoms with Gasteiger partial charge in [0.2, 0.25) is 0 Å². The van der Waals surface area contributed by atoms with Crippen molar-refractivity contribution in [2.24, 2.45) is 7.05 Å². The Morgan fingerprint density at radius 2 is 2.46 bits per heavy atom. The first-order valence-electron chi connectivity index (χ1n) is 4.99. The lowest BCUT2D eigenvalue weighted by molar-refractivity contribution is 0.371. The molecule has 2 rings (SSSR count). The minimum atomic E-state index is 0.595. The third kappa shape index (κ3) is 1.75. The van der Waals surface area contributed by atoms with Gasteiger partial charge in [-0.1, -0.05) is 0 Å². The lowest BCUT2D eigenvalue weighted by Gasteiger charge is -2.29. The minimum Gasteiger partial charge on any atom is -0.314 e. The molecule has 3 nitrogen and oxygen atoms in total. The van der Waals surface area contributed by atoms with Gasteiger partial charge in [-0.25, -0.2) is 0 Å². The molecule has 1 saturated heterocycles. The van der Waals surface area contributed by atoms with Crippen LogP contribution in [0.1, 0.15) is 31.2 Å². The molecule has 13 heavy (non-hydrogen) atoms. The molecule has 1 fully saturated rings. The van der Waals surface area contributed by atoms with Gasteiger partial charge in [0.05, 0.1) is 6.20 Å². The van der Waals surface area contributed by atoms with Crippen molar-refractivity contribution in [3.8, 4) is 0 Å². The first kappa shape index (κ1) is 8.75. The van der Waals surface area contributed by atoms with Gasteiger partial charge >= 0.3 is 0 Å². The van der Waals surface area contributed by atoms with E-state index in [1.54, 1.807) is 0 Å². The maximum absolute atomic E-state index is 4.22. The van der Waals surface area contributed by atoms with Crippen LogP contribution in [0, 0.1) is 0 Å². The van der Waals surface area contributed by atoms with E-state index in [1.807, 2.05) is 17.9 Å². The van der Waals surface area contributed by atoms with Crippen molar-refractivity contribution < 1.29 is 0 Å². The van der Waals surface area contributed by atoms with E-state index in [2.05, 4.69) is 23.5 Å². The molecule has 1 aromatic heterocycles. The Bertz CT molecular complexity index is 279. The van der Waals surface area contributed by atoms with E-state index in [4.69, 9.17) is 0 Å². The summed E-state index contributed by atoms with van der Waals surface area (Å²) < 4.78 is 1.89. The van der Waals surface area contributed by atoms with E-state index in [9.17, 15) is 0 Å². The van der Waals surface area contributed by atoms with Crippen molar-refractivity contribution in [3.63, 3.8) is 0 Å². The number of aromatic nitrogens is 2. The molecular formula is C10H17N3. The summed E-state index contributed by atoms with van der Waals surface area (Å²) >= 11 is 0. The van der Waals surface area contributed by atoms with Gasteiger partial charge in [-0.3, -0.25) is 4.68 Å². The van der Waals surface area contributed by atoms with Gasteiger partial charge in [0.1, 0.15) is 0 Å². The Kier molecular flexibility index (Phi) is 2.36. The van der Waals surface area contributed by atoms with Crippen LogP contribution in [0.5, 0.6) is 0 Å². The number of aryl methyl sites for hydroxylation is 1. The van der Waals surface area contributed by atoms with Crippen molar-refractivity contribution in [1.29, 1.82) is 0 Å². The molecule has 0 radical (unpaired) electrons. The fraction of sp³-hybridized carbons (Fsp3) is 0.700. The molecule has 0 amide bonds. The summed E-state index contributed by atoms with van der Waals surface area (Å²) in [5, 5.41) is 7.72. The zero-order valence-corrected chi connectivity index (χ0v) is 8.33. The van der Waals surface area contributed by atoms with Gasteiger partial charge < -0.3 is 5.32 Å². The van der Waals surface area contributed by atoms with Crippen LogP contribution in [-0.2, 0) is 7.05 Å². The van der Waals surface area contributed by atoms with E-state index in [0.717, 1.165) is 6.54 Å². The van der Waals surface area contributed by atoms with E-state index in [0.29, 0.717) is 12.0 Å². The molecule has 2 unspecified atom stereocenters. The van der Waals surface area contributed by atoms with Crippen LogP contribution in [0.2, 0.25) is 0 Å². The van der Waals surface area contributed by atoms with E-state index in [-0.39, 0.29) is 0 Å². The molecule has 3 heteroatoms. The Labute approximate surface area is 79.1 Å². The number of rotatable bonds is 1. The second-order valence-electron chi connectivity index (χ2n) is 3.94. The molecule has 0 aromatic carbocycles. The molecular weight excluding hydrogens is 162 g/mol. The molecule has 1 aromatic rings. The summed E-state index contributed by atoms with van der Waals surface area (Å²) in [6.45, 7) is 3.43. The minimum absolute atomic E-state index is 0.595. The molecule has 72 valence electrons. The van der Waals surface area contributed by atoms with Crippen molar-refractivity contribution in [2.75, 3.05) is 6.54 Å². The molecule has 1 N–H and O–H groups in total. The summed E-state index contributed by atoms with van der Waals surface area (Å²) in [5.41, 5.74) is 1.38. The number of hydrogen-bond donors (Lipinski definition) is 1. The average Bonchev–Trinajstić information content (AvgIpc) is 2.53. The summed E-state index contributed by atoms with van der Waals surface area (Å²) in [7, 11) is 1.98. The normalized spacial score (nSPS) is 29.1. The van der Waals surface area contributed by atoms with Gasteiger partial charge in [0, 0.05) is 25.2 Å². The van der Waals surface area contributed by atoms with Crippen molar-refractivity contribution in [3.05, 3.63) is 18.0 Å². The highest BCUT2D eigenvalue weighted by molar-refractivity contribution is 5.14. The van der Waals surface area contributed by atoms with Crippen LogP contribution in [0.25, 0.3) is 0 Å². The summed E-state index contributed by atoms with van der Waals surface area (Å²) in [4.78, 5) is 0. The maximum Gasteiger partial charge on any atom is 0.0525 e. The van der Waals surface area contributed by atoms with Crippen molar-refractivity contribution >= 4 is 0 Å². The van der Waals surface area contributed by atoms with Gasteiger partial charge in [-0.2, -0.15) is 5.10 Å². The van der Waals surface area contributed by atoms with E-state index >= 15 is 0 Å². The highest BCUT2D eigenvalue weighted by Gasteiger charge is 2.23. The second kappa shape index (κ2) is 3.50. The van der Waals surface area contributed by atoms with Gasteiger partial charge in [0.15, 0.2) is 0 Å². The zero-order valence-electron chi connectivity index (χ0n) is 8.33. The Hall–Kier alpha value is -0.830. The Balaban J connectivity index is 2.14. The average molecular weight is 179 g/mol. The number of piperidine rings is 1. The van der Waals surface area contributed by atoms with Crippen molar-refractivity contribution in [1.82, 2.24) is 15.1 Å². The molecule has 2 heterocycles. The van der Waals surface area contributed by atoms with Gasteiger partial charge in [-0.05, 0) is 31.9 Å². The SMILES string of the molecule is CC1NCCCC1c1cnn(C)c1. The second-order valence-corrected chi connectivity index (χ2v) is 3.94. The molecule has 0 bridgehead atoms. The summed E-state index contributed by atoms with van der Waals surface area (Å²) in [5.74, 6) is 0.655. The van der Waals surface area contributed by atoms with Gasteiger partial charge in [0.25, 0.3) is 0 Å². The molecule has 1 aliphatic rings. The monoisotopic (exact) mass is 179 g/mol. The predicted octanol–water partition coefficient (Wildman–Crippen LogP) is 1.28. The Morgan fingerprint density at radius 1 is 1.62 bits per heavy atom. The molecule has 0 saturated carbocycles. The first-order chi connectivity index (χ1) is 6.27. The third-order valence-electron chi connectivity index (χ3n) is 2.91. The van der Waals surface area contributed by atoms with Gasteiger partial charge in [-0.15, -0.1) is 0 Å². The van der Waals surface area contributed by atoms with Crippen LogP contribution in [0.4, 0.5) is 0 Å². The largest absolute Gasteiger partial charge is 0.314 e. The highest BCUT2D eigenvalue weighted by Crippen LogP contribution is 2.26. The molecule has 0 aliphatic carbocycles. The fourth-order valence-corrected chi connectivity index (χ4v) is 2.13. The summed E-state index contributed by atoms with van der Waals surface area (Å²) in [6.07, 6.45) is 6.70. The first-order valence-corrected chi connectivity index (χ1v) is 4.99. The smallest absolute Gasteiger partial charge is 0.0525 e. The van der Waals surface area contributed by atoms with Crippen molar-refractivity contribution in [2.45, 2.75) is 31.7 Å². The van der Waals surface area contributed by atoms with E-state index in [1.165, 1.54) is 18.4 Å². The summed E-state index contributed by atoms with van der Waals surface area (Å²) in [6, 6.07) is 0.595.